The first kappa shape index (κ1) is 15.3. The molecule has 2 aliphatic rings. The SMILES string of the molecule is O=C(NCCc1ccccc1)N1CC(N2CCCCCC2)C1. The van der Waals surface area contributed by atoms with Gasteiger partial charge in [0.25, 0.3) is 0 Å². The Labute approximate surface area is 133 Å². The van der Waals surface area contributed by atoms with Gasteiger partial charge in [0, 0.05) is 25.7 Å². The van der Waals surface area contributed by atoms with E-state index in [1.807, 2.05) is 23.1 Å². The molecule has 120 valence electrons. The molecule has 0 aromatic heterocycles. The van der Waals surface area contributed by atoms with Crippen LogP contribution in [0.2, 0.25) is 0 Å². The molecule has 0 atom stereocenters. The lowest BCUT2D eigenvalue weighted by Crippen LogP contribution is -2.63. The van der Waals surface area contributed by atoms with Crippen LogP contribution in [0, 0.1) is 0 Å². The molecule has 2 saturated heterocycles. The van der Waals surface area contributed by atoms with Gasteiger partial charge < -0.3 is 10.2 Å². The first-order valence-electron chi connectivity index (χ1n) is 8.64. The number of carbonyl (C=O) groups is 1. The Bertz CT molecular complexity index is 462. The van der Waals surface area contributed by atoms with Gasteiger partial charge in [0.05, 0.1) is 0 Å². The third-order valence-electron chi connectivity index (χ3n) is 4.84. The average Bonchev–Trinajstić information content (AvgIpc) is 2.76. The van der Waals surface area contributed by atoms with Gasteiger partial charge >= 0.3 is 6.03 Å². The largest absolute Gasteiger partial charge is 0.338 e. The molecule has 1 N–H and O–H groups in total. The Hall–Kier alpha value is -1.55. The van der Waals surface area contributed by atoms with Crippen LogP contribution in [0.4, 0.5) is 4.79 Å². The molecule has 0 aliphatic carbocycles. The van der Waals surface area contributed by atoms with Crippen molar-refractivity contribution in [1.29, 1.82) is 0 Å². The fraction of sp³-hybridized carbons (Fsp3) is 0.611. The second kappa shape index (κ2) is 7.63. The quantitative estimate of drug-likeness (QED) is 0.927. The van der Waals surface area contributed by atoms with Gasteiger partial charge in [0.2, 0.25) is 0 Å². The molecule has 1 aromatic carbocycles. The number of likely N-dealkylation sites (tertiary alicyclic amines) is 2. The van der Waals surface area contributed by atoms with Gasteiger partial charge in [-0.3, -0.25) is 4.90 Å². The van der Waals surface area contributed by atoms with Crippen molar-refractivity contribution in [1.82, 2.24) is 15.1 Å². The van der Waals surface area contributed by atoms with Crippen LogP contribution in [0.25, 0.3) is 0 Å². The van der Waals surface area contributed by atoms with Gasteiger partial charge in [0.15, 0.2) is 0 Å². The van der Waals surface area contributed by atoms with Crippen molar-refractivity contribution in [3.63, 3.8) is 0 Å². The maximum Gasteiger partial charge on any atom is 0.317 e. The topological polar surface area (TPSA) is 35.6 Å². The monoisotopic (exact) mass is 301 g/mol. The Morgan fingerprint density at radius 3 is 2.41 bits per heavy atom. The molecule has 22 heavy (non-hydrogen) atoms. The maximum atomic E-state index is 12.1. The molecule has 2 amide bonds. The lowest BCUT2D eigenvalue weighted by atomic mass is 10.1. The minimum atomic E-state index is 0.0991. The van der Waals surface area contributed by atoms with Crippen molar-refractivity contribution in [2.24, 2.45) is 0 Å². The number of hydrogen-bond acceptors (Lipinski definition) is 2. The highest BCUT2D eigenvalue weighted by Crippen LogP contribution is 2.19. The Morgan fingerprint density at radius 2 is 1.73 bits per heavy atom. The van der Waals surface area contributed by atoms with E-state index in [1.165, 1.54) is 44.3 Å². The molecule has 0 radical (unpaired) electrons. The molecule has 2 heterocycles. The fourth-order valence-corrected chi connectivity index (χ4v) is 3.38. The third-order valence-corrected chi connectivity index (χ3v) is 4.84. The Balaban J connectivity index is 1.34. The molecule has 0 saturated carbocycles. The normalized spacial score (nSPS) is 20.3. The number of benzene rings is 1. The molecule has 0 unspecified atom stereocenters. The van der Waals surface area contributed by atoms with E-state index in [4.69, 9.17) is 0 Å². The van der Waals surface area contributed by atoms with Gasteiger partial charge in [-0.15, -0.1) is 0 Å². The minimum absolute atomic E-state index is 0.0991. The molecule has 4 nitrogen and oxygen atoms in total. The summed E-state index contributed by atoms with van der Waals surface area (Å²) in [5.41, 5.74) is 1.27. The lowest BCUT2D eigenvalue weighted by Gasteiger charge is -2.45. The molecule has 2 fully saturated rings. The molecular formula is C18H27N3O. The molecule has 4 heteroatoms. The van der Waals surface area contributed by atoms with E-state index in [0.717, 1.165) is 19.5 Å². The molecule has 1 aromatic rings. The first-order chi connectivity index (χ1) is 10.8. The molecular weight excluding hydrogens is 274 g/mol. The summed E-state index contributed by atoms with van der Waals surface area (Å²) >= 11 is 0. The molecule has 3 rings (SSSR count). The number of amides is 2. The number of nitrogens with one attached hydrogen (secondary N) is 1. The Kier molecular flexibility index (Phi) is 5.33. The highest BCUT2D eigenvalue weighted by molar-refractivity contribution is 5.75. The van der Waals surface area contributed by atoms with Gasteiger partial charge in [-0.25, -0.2) is 4.79 Å². The van der Waals surface area contributed by atoms with E-state index < -0.39 is 0 Å². The highest BCUT2D eigenvalue weighted by Gasteiger charge is 2.34. The van der Waals surface area contributed by atoms with Crippen LogP contribution in [0.5, 0.6) is 0 Å². The van der Waals surface area contributed by atoms with Crippen molar-refractivity contribution in [2.45, 2.75) is 38.1 Å². The highest BCUT2D eigenvalue weighted by atomic mass is 16.2. The van der Waals surface area contributed by atoms with Gasteiger partial charge in [-0.1, -0.05) is 43.2 Å². The van der Waals surface area contributed by atoms with Gasteiger partial charge in [0.1, 0.15) is 0 Å². The summed E-state index contributed by atoms with van der Waals surface area (Å²) in [5, 5.41) is 3.04. The zero-order valence-electron chi connectivity index (χ0n) is 13.3. The smallest absolute Gasteiger partial charge is 0.317 e. The van der Waals surface area contributed by atoms with Crippen molar-refractivity contribution in [3.05, 3.63) is 35.9 Å². The van der Waals surface area contributed by atoms with E-state index >= 15 is 0 Å². The summed E-state index contributed by atoms with van der Waals surface area (Å²) in [6.45, 7) is 4.95. The molecule has 0 bridgehead atoms. The van der Waals surface area contributed by atoms with Crippen molar-refractivity contribution in [3.8, 4) is 0 Å². The number of nitrogens with zero attached hydrogens (tertiary/aromatic N) is 2. The summed E-state index contributed by atoms with van der Waals surface area (Å²) in [5.74, 6) is 0. The van der Waals surface area contributed by atoms with Crippen LogP contribution in [0.1, 0.15) is 31.2 Å². The summed E-state index contributed by atoms with van der Waals surface area (Å²) in [4.78, 5) is 16.6. The van der Waals surface area contributed by atoms with Crippen molar-refractivity contribution in [2.75, 3.05) is 32.7 Å². The number of rotatable bonds is 4. The van der Waals surface area contributed by atoms with E-state index in [1.54, 1.807) is 0 Å². The summed E-state index contributed by atoms with van der Waals surface area (Å²) in [7, 11) is 0. The summed E-state index contributed by atoms with van der Waals surface area (Å²) in [6, 6.07) is 11.0. The zero-order valence-corrected chi connectivity index (χ0v) is 13.3. The van der Waals surface area contributed by atoms with E-state index in [0.29, 0.717) is 12.6 Å². The van der Waals surface area contributed by atoms with Gasteiger partial charge in [-0.05, 0) is 37.9 Å². The predicted octanol–water partition coefficient (Wildman–Crippen LogP) is 2.50. The lowest BCUT2D eigenvalue weighted by molar-refractivity contribution is 0.0589. The summed E-state index contributed by atoms with van der Waals surface area (Å²) < 4.78 is 0. The van der Waals surface area contributed by atoms with Crippen LogP contribution in [0.3, 0.4) is 0 Å². The number of hydrogen-bond donors (Lipinski definition) is 1. The van der Waals surface area contributed by atoms with Crippen molar-refractivity contribution < 1.29 is 4.79 Å². The molecule has 2 aliphatic heterocycles. The van der Waals surface area contributed by atoms with Gasteiger partial charge in [-0.2, -0.15) is 0 Å². The standard InChI is InChI=1S/C18H27N3O/c22-18(19-11-10-16-8-4-3-5-9-16)21-14-17(15-21)20-12-6-1-2-7-13-20/h3-5,8-9,17H,1-2,6-7,10-15H2,(H,19,22). The third kappa shape index (κ3) is 4.01. The number of urea groups is 1. The number of carbonyl (C=O) groups excluding carboxylic acids is 1. The fourth-order valence-electron chi connectivity index (χ4n) is 3.38. The van der Waals surface area contributed by atoms with E-state index in [-0.39, 0.29) is 6.03 Å². The second-order valence-corrected chi connectivity index (χ2v) is 6.48. The van der Waals surface area contributed by atoms with Crippen LogP contribution >= 0.6 is 0 Å². The minimum Gasteiger partial charge on any atom is -0.338 e. The average molecular weight is 301 g/mol. The van der Waals surface area contributed by atoms with Crippen LogP contribution in [-0.4, -0.2) is 54.6 Å². The van der Waals surface area contributed by atoms with Crippen LogP contribution in [0.15, 0.2) is 30.3 Å². The second-order valence-electron chi connectivity index (χ2n) is 6.48. The van der Waals surface area contributed by atoms with Crippen LogP contribution < -0.4 is 5.32 Å². The first-order valence-corrected chi connectivity index (χ1v) is 8.64. The molecule has 0 spiro atoms. The Morgan fingerprint density at radius 1 is 1.05 bits per heavy atom. The van der Waals surface area contributed by atoms with Crippen LogP contribution in [-0.2, 0) is 6.42 Å². The maximum absolute atomic E-state index is 12.1. The van der Waals surface area contributed by atoms with Crippen molar-refractivity contribution >= 4 is 6.03 Å². The van der Waals surface area contributed by atoms with E-state index in [9.17, 15) is 4.79 Å². The zero-order chi connectivity index (χ0) is 15.2. The van der Waals surface area contributed by atoms with E-state index in [2.05, 4.69) is 22.3 Å². The summed E-state index contributed by atoms with van der Waals surface area (Å²) in [6.07, 6.45) is 6.27. The predicted molar refractivity (Wildman–Crippen MR) is 88.9 cm³/mol.